The van der Waals surface area contributed by atoms with Gasteiger partial charge in [-0.25, -0.2) is 0 Å². The van der Waals surface area contributed by atoms with Crippen molar-refractivity contribution in [1.82, 2.24) is 9.80 Å². The summed E-state index contributed by atoms with van der Waals surface area (Å²) in [6.07, 6.45) is 2.56. The molecule has 0 spiro atoms. The van der Waals surface area contributed by atoms with Gasteiger partial charge in [-0.05, 0) is 20.5 Å². The van der Waals surface area contributed by atoms with Crippen LogP contribution in [0.2, 0.25) is 0 Å². The van der Waals surface area contributed by atoms with Gasteiger partial charge < -0.3 is 14.9 Å². The second kappa shape index (κ2) is 7.87. The molecule has 0 radical (unpaired) electrons. The average Bonchev–Trinajstić information content (AvgIpc) is 2.19. The summed E-state index contributed by atoms with van der Waals surface area (Å²) in [6.45, 7) is 4.40. The van der Waals surface area contributed by atoms with E-state index in [0.29, 0.717) is 25.9 Å². The van der Waals surface area contributed by atoms with Crippen LogP contribution in [0.4, 0.5) is 0 Å². The van der Waals surface area contributed by atoms with Gasteiger partial charge in [0.25, 0.3) is 0 Å². The Hall–Kier alpha value is -1.36. The molecular formula is C11H20N2O3. The topological polar surface area (TPSA) is 60.9 Å². The summed E-state index contributed by atoms with van der Waals surface area (Å²) in [5.41, 5.74) is 0. The van der Waals surface area contributed by atoms with E-state index in [2.05, 4.69) is 6.58 Å². The van der Waals surface area contributed by atoms with E-state index in [-0.39, 0.29) is 12.5 Å². The van der Waals surface area contributed by atoms with E-state index in [1.165, 1.54) is 4.90 Å². The van der Waals surface area contributed by atoms with Crippen LogP contribution in [0.3, 0.4) is 0 Å². The Balaban J connectivity index is 4.22. The number of carboxylic acid groups (broad SMARTS) is 1. The minimum atomic E-state index is -0.981. The fourth-order valence-corrected chi connectivity index (χ4v) is 1.16. The number of likely N-dealkylation sites (N-methyl/N-ethyl adjacent to an activating group) is 1. The monoisotopic (exact) mass is 228 g/mol. The first-order chi connectivity index (χ1) is 7.47. The Morgan fingerprint density at radius 1 is 1.31 bits per heavy atom. The van der Waals surface area contributed by atoms with Crippen LogP contribution >= 0.6 is 0 Å². The van der Waals surface area contributed by atoms with Crippen LogP contribution in [0.1, 0.15) is 12.8 Å². The molecule has 0 aliphatic carbocycles. The third-order valence-corrected chi connectivity index (χ3v) is 2.06. The highest BCUT2D eigenvalue weighted by atomic mass is 16.4. The largest absolute Gasteiger partial charge is 0.480 e. The summed E-state index contributed by atoms with van der Waals surface area (Å²) in [6, 6.07) is 0. The van der Waals surface area contributed by atoms with Gasteiger partial charge in [-0.3, -0.25) is 9.59 Å². The third-order valence-electron chi connectivity index (χ3n) is 2.06. The Bertz CT molecular complexity index is 252. The molecule has 0 rings (SSSR count). The van der Waals surface area contributed by atoms with Gasteiger partial charge in [0.1, 0.15) is 6.54 Å². The first-order valence-corrected chi connectivity index (χ1v) is 5.22. The minimum Gasteiger partial charge on any atom is -0.480 e. The van der Waals surface area contributed by atoms with E-state index in [9.17, 15) is 9.59 Å². The molecule has 1 N–H and O–H groups in total. The fraction of sp³-hybridized carbons (Fsp3) is 0.636. The highest BCUT2D eigenvalue weighted by Crippen LogP contribution is 1.99. The molecule has 0 aromatic heterocycles. The van der Waals surface area contributed by atoms with E-state index in [1.807, 2.05) is 19.0 Å². The molecule has 0 aromatic rings. The minimum absolute atomic E-state index is 0.135. The van der Waals surface area contributed by atoms with Crippen LogP contribution in [0.25, 0.3) is 0 Å². The van der Waals surface area contributed by atoms with Gasteiger partial charge in [0, 0.05) is 19.5 Å². The van der Waals surface area contributed by atoms with Gasteiger partial charge in [-0.1, -0.05) is 6.08 Å². The summed E-state index contributed by atoms with van der Waals surface area (Å²) in [4.78, 5) is 25.5. The predicted molar refractivity (Wildman–Crippen MR) is 62.2 cm³/mol. The van der Waals surface area contributed by atoms with Crippen LogP contribution in [0, 0.1) is 0 Å². The molecule has 5 heteroatoms. The molecule has 0 aliphatic heterocycles. The van der Waals surface area contributed by atoms with Gasteiger partial charge in [0.2, 0.25) is 5.91 Å². The van der Waals surface area contributed by atoms with Crippen molar-refractivity contribution in [2.45, 2.75) is 12.8 Å². The Morgan fingerprint density at radius 3 is 2.38 bits per heavy atom. The Morgan fingerprint density at radius 2 is 1.94 bits per heavy atom. The number of amides is 1. The lowest BCUT2D eigenvalue weighted by atomic mass is 10.2. The van der Waals surface area contributed by atoms with Crippen molar-refractivity contribution in [1.29, 1.82) is 0 Å². The quantitative estimate of drug-likeness (QED) is 0.612. The van der Waals surface area contributed by atoms with E-state index >= 15 is 0 Å². The van der Waals surface area contributed by atoms with Crippen molar-refractivity contribution in [3.8, 4) is 0 Å². The molecular weight excluding hydrogens is 208 g/mol. The lowest BCUT2D eigenvalue weighted by molar-refractivity contribution is -0.144. The summed E-state index contributed by atoms with van der Waals surface area (Å²) in [5, 5.41) is 8.70. The maximum atomic E-state index is 11.6. The molecule has 0 aromatic carbocycles. The molecule has 0 saturated carbocycles. The van der Waals surface area contributed by atoms with Crippen LogP contribution in [-0.2, 0) is 9.59 Å². The van der Waals surface area contributed by atoms with E-state index in [4.69, 9.17) is 5.11 Å². The third kappa shape index (κ3) is 7.00. The van der Waals surface area contributed by atoms with Gasteiger partial charge in [-0.2, -0.15) is 0 Å². The second-order valence-electron chi connectivity index (χ2n) is 3.84. The first kappa shape index (κ1) is 14.6. The average molecular weight is 228 g/mol. The van der Waals surface area contributed by atoms with Crippen molar-refractivity contribution in [3.05, 3.63) is 12.7 Å². The summed E-state index contributed by atoms with van der Waals surface area (Å²) in [5.74, 6) is -1.12. The fourth-order valence-electron chi connectivity index (χ4n) is 1.16. The molecule has 0 bridgehead atoms. The Kier molecular flexibility index (Phi) is 7.20. The number of hydrogen-bond acceptors (Lipinski definition) is 3. The molecule has 0 aliphatic rings. The maximum Gasteiger partial charge on any atom is 0.323 e. The molecule has 0 unspecified atom stereocenters. The smallest absolute Gasteiger partial charge is 0.323 e. The van der Waals surface area contributed by atoms with Crippen LogP contribution < -0.4 is 0 Å². The number of rotatable bonds is 8. The molecule has 0 fully saturated rings. The van der Waals surface area contributed by atoms with Gasteiger partial charge in [0.05, 0.1) is 0 Å². The molecule has 0 saturated heterocycles. The molecule has 0 atom stereocenters. The zero-order valence-electron chi connectivity index (χ0n) is 9.98. The molecule has 1 amide bonds. The van der Waals surface area contributed by atoms with Crippen molar-refractivity contribution in [3.63, 3.8) is 0 Å². The van der Waals surface area contributed by atoms with E-state index in [1.54, 1.807) is 6.08 Å². The second-order valence-corrected chi connectivity index (χ2v) is 3.84. The van der Waals surface area contributed by atoms with Gasteiger partial charge in [0.15, 0.2) is 0 Å². The van der Waals surface area contributed by atoms with E-state index in [0.717, 1.165) is 0 Å². The van der Waals surface area contributed by atoms with Crippen LogP contribution in [-0.4, -0.2) is 60.5 Å². The SMILES string of the molecule is C=CCCC(=O)N(CCN(C)C)CC(=O)O. The number of aliphatic carboxylic acids is 1. The van der Waals surface area contributed by atoms with Crippen LogP contribution in [0.5, 0.6) is 0 Å². The highest BCUT2D eigenvalue weighted by Gasteiger charge is 2.15. The summed E-state index contributed by atoms with van der Waals surface area (Å²) in [7, 11) is 3.76. The van der Waals surface area contributed by atoms with Gasteiger partial charge in [-0.15, -0.1) is 6.58 Å². The Labute approximate surface area is 96.3 Å². The van der Waals surface area contributed by atoms with Crippen molar-refractivity contribution < 1.29 is 14.7 Å². The molecule has 0 heterocycles. The van der Waals surface area contributed by atoms with E-state index < -0.39 is 5.97 Å². The normalized spacial score (nSPS) is 10.2. The number of carbonyl (C=O) groups excluding carboxylic acids is 1. The zero-order valence-corrected chi connectivity index (χ0v) is 9.98. The van der Waals surface area contributed by atoms with Crippen molar-refractivity contribution in [2.75, 3.05) is 33.7 Å². The number of carbonyl (C=O) groups is 2. The lowest BCUT2D eigenvalue weighted by Gasteiger charge is -2.22. The van der Waals surface area contributed by atoms with Crippen molar-refractivity contribution >= 4 is 11.9 Å². The number of nitrogens with zero attached hydrogens (tertiary/aromatic N) is 2. The van der Waals surface area contributed by atoms with Crippen LogP contribution in [0.15, 0.2) is 12.7 Å². The summed E-state index contributed by atoms with van der Waals surface area (Å²) >= 11 is 0. The zero-order chi connectivity index (χ0) is 12.6. The number of carboxylic acids is 1. The summed E-state index contributed by atoms with van der Waals surface area (Å²) < 4.78 is 0. The predicted octanol–water partition coefficient (Wildman–Crippen LogP) is 0.427. The number of hydrogen-bond donors (Lipinski definition) is 1. The molecule has 92 valence electrons. The molecule has 16 heavy (non-hydrogen) atoms. The maximum absolute atomic E-state index is 11.6. The van der Waals surface area contributed by atoms with Gasteiger partial charge >= 0.3 is 5.97 Å². The first-order valence-electron chi connectivity index (χ1n) is 5.22. The molecule has 5 nitrogen and oxygen atoms in total. The number of allylic oxidation sites excluding steroid dienone is 1. The van der Waals surface area contributed by atoms with Crippen molar-refractivity contribution in [2.24, 2.45) is 0 Å². The lowest BCUT2D eigenvalue weighted by Crippen LogP contribution is -2.39. The highest BCUT2D eigenvalue weighted by molar-refractivity contribution is 5.81. The standard InChI is InChI=1S/C11H20N2O3/c1-4-5-6-10(14)13(9-11(15)16)8-7-12(2)3/h4H,1,5-9H2,2-3H3,(H,15,16).